The van der Waals surface area contributed by atoms with Gasteiger partial charge in [0.15, 0.2) is 0 Å². The van der Waals surface area contributed by atoms with E-state index in [0.717, 1.165) is 6.92 Å². The Balaban J connectivity index is 2.01. The number of hydrogen-bond acceptors (Lipinski definition) is 12. The van der Waals surface area contributed by atoms with Crippen molar-refractivity contribution in [2.75, 3.05) is 18.7 Å². The van der Waals surface area contributed by atoms with Crippen LogP contribution in [0.25, 0.3) is 0 Å². The lowest BCUT2D eigenvalue weighted by molar-refractivity contribution is -0.991. The van der Waals surface area contributed by atoms with E-state index >= 15 is 0 Å². The van der Waals surface area contributed by atoms with Crippen LogP contribution >= 0.6 is 11.6 Å². The monoisotopic (exact) mass is 778 g/mol. The van der Waals surface area contributed by atoms with Crippen molar-refractivity contribution in [2.24, 2.45) is 29.6 Å². The number of para-hydroxylation sites is 1. The molecule has 14 nitrogen and oxygen atoms in total. The molecule has 0 spiro atoms. The van der Waals surface area contributed by atoms with Gasteiger partial charge in [0, 0.05) is 32.1 Å². The molecule has 300 valence electrons. The summed E-state index contributed by atoms with van der Waals surface area (Å²) in [4.78, 5) is 63.0. The van der Waals surface area contributed by atoms with Crippen molar-refractivity contribution < 1.29 is 63.1 Å². The van der Waals surface area contributed by atoms with Crippen LogP contribution in [0.3, 0.4) is 0 Å². The van der Waals surface area contributed by atoms with E-state index in [9.17, 15) is 39.6 Å². The summed E-state index contributed by atoms with van der Waals surface area (Å²) < 4.78 is 16.4. The molecule has 2 aliphatic carbocycles. The standard InChI is InChI=1S/C39H55ClN2O12/c1-20-17-26-24(21(2)18-43)16-15-22(3)39(26,50)30(29(20)51-23(4)44)37(32(45)46)19-38(53-34(49)52-36(8,9)10)25-13-12-14-27(40)28(25)41(11)54-31(38)42(37,33(47)48)35(5,6)7/h12-14,17,21-22,24,26,29-31,43,50H,15-16,18-19H2,1-11H3,(H-,45,46,47,48)/t21?,22-,24+,26-,29+,30-,31-,37+,38-,39-,42?/m1/s1. The molecule has 11 atom stereocenters. The fourth-order valence-corrected chi connectivity index (χ4v) is 10.8. The van der Waals surface area contributed by atoms with Gasteiger partial charge in [-0.3, -0.25) is 4.79 Å². The van der Waals surface area contributed by atoms with E-state index in [4.69, 9.17) is 30.6 Å². The number of carbonyl (C=O) groups is 4. The van der Waals surface area contributed by atoms with E-state index in [0.29, 0.717) is 18.4 Å². The average Bonchev–Trinajstić information content (AvgIpc) is 3.30. The predicted molar refractivity (Wildman–Crippen MR) is 193 cm³/mol. The summed E-state index contributed by atoms with van der Waals surface area (Å²) in [6.07, 6.45) is -4.64. The average molecular weight is 779 g/mol. The quantitative estimate of drug-likeness (QED) is 0.201. The summed E-state index contributed by atoms with van der Waals surface area (Å²) in [7, 11) is 1.47. The number of likely N-dealkylation sites (tertiary alicyclic amines) is 1. The first kappa shape index (κ1) is 41.7. The Morgan fingerprint density at radius 1 is 1.15 bits per heavy atom. The maximum Gasteiger partial charge on any atom is 0.510 e. The maximum absolute atomic E-state index is 14.9. The molecule has 0 bridgehead atoms. The lowest BCUT2D eigenvalue weighted by Gasteiger charge is -2.64. The van der Waals surface area contributed by atoms with Crippen LogP contribution in [0, 0.1) is 29.6 Å². The number of quaternary nitrogens is 1. The van der Waals surface area contributed by atoms with Gasteiger partial charge in [-0.15, -0.1) is 0 Å². The number of esters is 1. The maximum atomic E-state index is 14.9. The van der Waals surface area contributed by atoms with Crippen molar-refractivity contribution >= 4 is 41.5 Å². The summed E-state index contributed by atoms with van der Waals surface area (Å²) in [5.74, 6) is -6.46. The SMILES string of the molecule is CC(=O)O[C@H]1C(C)=C[C@@H]2[C@H](C(C)CO)CC[C@@H](C)[C@]2(O)[C@H]1[C@]1(C(=O)O)C[C@@]2(OC(=O)OC(C)(C)C)c3cccc(Cl)c3N(C)O[C@H]2[N+]1(C(=O)[O-])C(C)(C)C. The fraction of sp³-hybridized carbons (Fsp3) is 0.692. The van der Waals surface area contributed by atoms with Crippen LogP contribution < -0.4 is 10.2 Å². The Labute approximate surface area is 321 Å². The number of rotatable bonds is 6. The number of nitrogens with zero attached hydrogens (tertiary/aromatic N) is 2. The molecule has 2 unspecified atom stereocenters. The number of hydroxylamine groups is 1. The van der Waals surface area contributed by atoms with Crippen molar-refractivity contribution in [1.82, 2.24) is 0 Å². The molecule has 15 heteroatoms. The van der Waals surface area contributed by atoms with Gasteiger partial charge in [-0.25, -0.2) is 24.0 Å². The molecule has 54 heavy (non-hydrogen) atoms. The Bertz CT molecular complexity index is 1740. The third-order valence-electron chi connectivity index (χ3n) is 12.5. The van der Waals surface area contributed by atoms with Crippen LogP contribution in [0.2, 0.25) is 5.02 Å². The molecule has 2 aliphatic heterocycles. The van der Waals surface area contributed by atoms with Gasteiger partial charge in [-0.1, -0.05) is 43.7 Å². The van der Waals surface area contributed by atoms with Crippen molar-refractivity contribution in [3.8, 4) is 0 Å². The van der Waals surface area contributed by atoms with E-state index in [1.54, 1.807) is 58.9 Å². The first-order valence-electron chi connectivity index (χ1n) is 18.4. The highest BCUT2D eigenvalue weighted by atomic mass is 35.5. The zero-order valence-electron chi connectivity index (χ0n) is 33.0. The molecular weight excluding hydrogens is 724 g/mol. The van der Waals surface area contributed by atoms with Gasteiger partial charge in [0.1, 0.15) is 11.7 Å². The normalized spacial score (nSPS) is 36.9. The van der Waals surface area contributed by atoms with E-state index in [1.165, 1.54) is 32.9 Å². The number of carboxylic acid groups (broad SMARTS) is 2. The van der Waals surface area contributed by atoms with E-state index in [1.807, 2.05) is 6.92 Å². The highest BCUT2D eigenvalue weighted by molar-refractivity contribution is 6.33. The molecule has 1 saturated heterocycles. The van der Waals surface area contributed by atoms with E-state index < -0.39 is 93.1 Å². The number of aliphatic hydroxyl groups is 2. The van der Waals surface area contributed by atoms with Gasteiger partial charge < -0.3 is 39.4 Å². The minimum absolute atomic E-state index is 0.130. The molecular formula is C39H55ClN2O12. The third kappa shape index (κ3) is 5.81. The summed E-state index contributed by atoms with van der Waals surface area (Å²) in [5.41, 5.74) is -9.18. The first-order chi connectivity index (χ1) is 24.8. The number of aliphatic hydroxyl groups excluding tert-OH is 1. The highest BCUT2D eigenvalue weighted by Gasteiger charge is 2.88. The highest BCUT2D eigenvalue weighted by Crippen LogP contribution is 2.68. The van der Waals surface area contributed by atoms with E-state index in [2.05, 4.69) is 0 Å². The Hall–Kier alpha value is -3.43. The van der Waals surface area contributed by atoms with Crippen molar-refractivity contribution in [1.29, 1.82) is 0 Å². The number of benzene rings is 1. The molecule has 1 aromatic rings. The second kappa shape index (κ2) is 13.6. The zero-order chi connectivity index (χ0) is 40.7. The van der Waals surface area contributed by atoms with Crippen molar-refractivity contribution in [2.45, 2.75) is 129 Å². The molecule has 3 N–H and O–H groups in total. The van der Waals surface area contributed by atoms with Gasteiger partial charge in [0.05, 0.1) is 34.2 Å². The van der Waals surface area contributed by atoms with Gasteiger partial charge in [0.2, 0.25) is 11.1 Å². The molecule has 2 heterocycles. The molecule has 2 fully saturated rings. The Kier molecular flexibility index (Phi) is 10.5. The Morgan fingerprint density at radius 3 is 2.30 bits per heavy atom. The second-order valence-electron chi connectivity index (χ2n) is 17.7. The van der Waals surface area contributed by atoms with E-state index in [-0.39, 0.29) is 34.7 Å². The molecule has 1 saturated carbocycles. The van der Waals surface area contributed by atoms with Crippen LogP contribution in [0.15, 0.2) is 29.8 Å². The number of ether oxygens (including phenoxy) is 3. The van der Waals surface area contributed by atoms with Crippen LogP contribution in [0.5, 0.6) is 0 Å². The van der Waals surface area contributed by atoms with Gasteiger partial charge in [-0.2, -0.15) is 0 Å². The lowest BCUT2D eigenvalue weighted by Crippen LogP contribution is -2.86. The summed E-state index contributed by atoms with van der Waals surface area (Å²) in [6, 6.07) is 4.67. The second-order valence-corrected chi connectivity index (χ2v) is 18.2. The van der Waals surface area contributed by atoms with Crippen LogP contribution in [-0.2, 0) is 34.2 Å². The Morgan fingerprint density at radius 2 is 1.78 bits per heavy atom. The molecule has 5 rings (SSSR count). The minimum Gasteiger partial charge on any atom is -0.498 e. The predicted octanol–water partition coefficient (Wildman–Crippen LogP) is 4.91. The number of halogens is 1. The number of hydrogen-bond donors (Lipinski definition) is 3. The molecule has 0 aromatic heterocycles. The summed E-state index contributed by atoms with van der Waals surface area (Å²) in [6.45, 7) is 15.5. The van der Waals surface area contributed by atoms with Gasteiger partial charge >= 0.3 is 18.1 Å². The number of carboxylic acids is 1. The topological polar surface area (TPSA) is 192 Å². The summed E-state index contributed by atoms with van der Waals surface area (Å²) in [5, 5.41) is 52.0. The number of anilines is 1. The third-order valence-corrected chi connectivity index (χ3v) is 12.8. The largest absolute Gasteiger partial charge is 0.510 e. The lowest BCUT2D eigenvalue weighted by atomic mass is 9.48. The zero-order valence-corrected chi connectivity index (χ0v) is 33.7. The minimum atomic E-state index is -2.75. The van der Waals surface area contributed by atoms with Gasteiger partial charge in [-0.05, 0) is 90.7 Å². The van der Waals surface area contributed by atoms with Crippen molar-refractivity contribution in [3.63, 3.8) is 0 Å². The molecule has 0 radical (unpaired) electrons. The number of fused-ring (bicyclic) bond motifs is 4. The van der Waals surface area contributed by atoms with Crippen molar-refractivity contribution in [3.05, 3.63) is 40.4 Å². The molecule has 1 amide bonds. The first-order valence-corrected chi connectivity index (χ1v) is 18.8. The van der Waals surface area contributed by atoms with Crippen LogP contribution in [0.1, 0.15) is 94.1 Å². The van der Waals surface area contributed by atoms with Crippen LogP contribution in [-0.4, -0.2) is 92.3 Å². The van der Waals surface area contributed by atoms with Gasteiger partial charge in [0.25, 0.3) is 12.3 Å². The summed E-state index contributed by atoms with van der Waals surface area (Å²) >= 11 is 6.76. The fourth-order valence-electron chi connectivity index (χ4n) is 10.6. The molecule has 4 aliphatic rings. The number of carbonyl (C=O) groups excluding carboxylic acids is 3. The number of aliphatic carboxylic acids is 1. The number of amides is 1. The molecule has 1 aromatic carbocycles. The van der Waals surface area contributed by atoms with Crippen LogP contribution in [0.4, 0.5) is 15.3 Å². The smallest absolute Gasteiger partial charge is 0.498 e.